The lowest BCUT2D eigenvalue weighted by molar-refractivity contribution is -0.384. The fraction of sp³-hybridized carbons (Fsp3) is 0.500. The number of non-ortho nitro benzene ring substituents is 1. The molecule has 1 heterocycles. The van der Waals surface area contributed by atoms with E-state index in [-0.39, 0.29) is 5.69 Å². The fourth-order valence-corrected chi connectivity index (χ4v) is 3.23. The van der Waals surface area contributed by atoms with Crippen molar-refractivity contribution in [3.8, 4) is 0 Å². The van der Waals surface area contributed by atoms with E-state index >= 15 is 0 Å². The summed E-state index contributed by atoms with van der Waals surface area (Å²) in [4.78, 5) is 10.3. The van der Waals surface area contributed by atoms with E-state index in [1.165, 1.54) is 6.07 Å². The maximum Gasteiger partial charge on any atom is 0.269 e. The third-order valence-electron chi connectivity index (χ3n) is 2.83. The van der Waals surface area contributed by atoms with Crippen LogP contribution in [0.15, 0.2) is 18.2 Å². The highest BCUT2D eigenvalue weighted by atomic mass is 35.5. The minimum absolute atomic E-state index is 0.0899. The number of hydrogen-bond donors (Lipinski definition) is 0. The lowest BCUT2D eigenvalue weighted by Gasteiger charge is -2.09. The number of nitrogens with zero attached hydrogens (tertiary/aromatic N) is 1. The number of thioether (sulfide) groups is 1. The molecule has 0 aromatic heterocycles. The Kier molecular flexibility index (Phi) is 4.86. The van der Waals surface area contributed by atoms with Gasteiger partial charge >= 0.3 is 0 Å². The van der Waals surface area contributed by atoms with Crippen LogP contribution in [0.1, 0.15) is 18.4 Å². The summed E-state index contributed by atoms with van der Waals surface area (Å²) < 4.78 is 5.52. The number of halogens is 1. The summed E-state index contributed by atoms with van der Waals surface area (Å²) in [5.41, 5.74) is 0.904. The Bertz CT molecular complexity index is 435. The monoisotopic (exact) mass is 287 g/mol. The van der Waals surface area contributed by atoms with Crippen molar-refractivity contribution in [2.24, 2.45) is 0 Å². The molecule has 2 rings (SSSR count). The summed E-state index contributed by atoms with van der Waals surface area (Å²) in [5, 5.41) is 11.3. The van der Waals surface area contributed by atoms with Crippen LogP contribution in [0.3, 0.4) is 0 Å². The Morgan fingerprint density at radius 1 is 1.56 bits per heavy atom. The molecule has 0 N–H and O–H groups in total. The molecule has 1 unspecified atom stereocenters. The summed E-state index contributed by atoms with van der Waals surface area (Å²) >= 11 is 7.74. The number of ether oxygens (including phenoxy) is 1. The van der Waals surface area contributed by atoms with E-state index in [0.717, 1.165) is 30.8 Å². The van der Waals surface area contributed by atoms with Crippen molar-refractivity contribution < 1.29 is 9.66 Å². The molecule has 0 radical (unpaired) electrons. The topological polar surface area (TPSA) is 52.4 Å². The van der Waals surface area contributed by atoms with Gasteiger partial charge in [-0.2, -0.15) is 11.8 Å². The lowest BCUT2D eigenvalue weighted by atomic mass is 10.2. The number of nitro benzene ring substituents is 1. The Hall–Kier alpha value is -0.780. The van der Waals surface area contributed by atoms with Crippen molar-refractivity contribution in [3.05, 3.63) is 38.9 Å². The second kappa shape index (κ2) is 6.41. The summed E-state index contributed by atoms with van der Waals surface area (Å²) in [7, 11) is 0. The average Bonchev–Trinajstić information content (AvgIpc) is 2.84. The standard InChI is InChI=1S/C12H14ClNO3S/c13-12-4-3-10(14(15)16)6-9(12)7-18-8-11-2-1-5-17-11/h3-4,6,11H,1-2,5,7-8H2. The maximum absolute atomic E-state index is 10.7. The Labute approximate surface area is 115 Å². The first kappa shape index (κ1) is 13.6. The number of nitro groups is 1. The first-order valence-corrected chi connectivity index (χ1v) is 7.32. The van der Waals surface area contributed by atoms with Crippen LogP contribution in [0, 0.1) is 10.1 Å². The van der Waals surface area contributed by atoms with E-state index in [1.54, 1.807) is 23.9 Å². The van der Waals surface area contributed by atoms with Crippen molar-refractivity contribution in [2.75, 3.05) is 12.4 Å². The molecule has 1 aromatic carbocycles. The van der Waals surface area contributed by atoms with Crippen molar-refractivity contribution in [2.45, 2.75) is 24.7 Å². The highest BCUT2D eigenvalue weighted by molar-refractivity contribution is 7.98. The minimum Gasteiger partial charge on any atom is -0.377 e. The molecule has 1 aromatic rings. The molecule has 1 fully saturated rings. The normalized spacial score (nSPS) is 19.1. The van der Waals surface area contributed by atoms with Gasteiger partial charge in [0.1, 0.15) is 0 Å². The van der Waals surface area contributed by atoms with Crippen LogP contribution in [-0.2, 0) is 10.5 Å². The van der Waals surface area contributed by atoms with Crippen molar-refractivity contribution in [1.29, 1.82) is 0 Å². The van der Waals surface area contributed by atoms with Gasteiger partial charge in [-0.25, -0.2) is 0 Å². The van der Waals surface area contributed by atoms with Crippen LogP contribution in [-0.4, -0.2) is 23.4 Å². The maximum atomic E-state index is 10.7. The molecule has 0 amide bonds. The third kappa shape index (κ3) is 3.60. The average molecular weight is 288 g/mol. The lowest BCUT2D eigenvalue weighted by Crippen LogP contribution is -2.08. The number of hydrogen-bond acceptors (Lipinski definition) is 4. The van der Waals surface area contributed by atoms with Crippen LogP contribution in [0.5, 0.6) is 0 Å². The molecule has 0 aliphatic carbocycles. The van der Waals surface area contributed by atoms with Crippen LogP contribution >= 0.6 is 23.4 Å². The van der Waals surface area contributed by atoms with Gasteiger partial charge in [-0.05, 0) is 24.5 Å². The Morgan fingerprint density at radius 2 is 2.39 bits per heavy atom. The number of benzene rings is 1. The Balaban J connectivity index is 1.91. The SMILES string of the molecule is O=[N+]([O-])c1ccc(Cl)c(CSCC2CCCO2)c1. The van der Waals surface area contributed by atoms with Gasteiger partial charge in [0.05, 0.1) is 11.0 Å². The third-order valence-corrected chi connectivity index (χ3v) is 4.32. The largest absolute Gasteiger partial charge is 0.377 e. The first-order chi connectivity index (χ1) is 8.66. The van der Waals surface area contributed by atoms with E-state index in [9.17, 15) is 10.1 Å². The van der Waals surface area contributed by atoms with Crippen molar-refractivity contribution in [3.63, 3.8) is 0 Å². The molecular weight excluding hydrogens is 274 g/mol. The summed E-state index contributed by atoms with van der Waals surface area (Å²) in [5.74, 6) is 1.60. The van der Waals surface area contributed by atoms with Gasteiger partial charge in [0.25, 0.3) is 5.69 Å². The van der Waals surface area contributed by atoms with Gasteiger partial charge in [0, 0.05) is 35.3 Å². The Morgan fingerprint density at radius 3 is 3.06 bits per heavy atom. The zero-order valence-electron chi connectivity index (χ0n) is 9.80. The van der Waals surface area contributed by atoms with E-state index in [1.807, 2.05) is 0 Å². The predicted molar refractivity (Wildman–Crippen MR) is 73.2 cm³/mol. The van der Waals surface area contributed by atoms with Gasteiger partial charge in [-0.15, -0.1) is 0 Å². The summed E-state index contributed by atoms with van der Waals surface area (Å²) in [6, 6.07) is 4.56. The van der Waals surface area contributed by atoms with E-state index in [4.69, 9.17) is 16.3 Å². The molecule has 4 nitrogen and oxygen atoms in total. The second-order valence-electron chi connectivity index (χ2n) is 4.18. The molecule has 6 heteroatoms. The number of rotatable bonds is 5. The zero-order chi connectivity index (χ0) is 13.0. The second-order valence-corrected chi connectivity index (χ2v) is 5.62. The smallest absolute Gasteiger partial charge is 0.269 e. The van der Waals surface area contributed by atoms with Crippen LogP contribution in [0.2, 0.25) is 5.02 Å². The van der Waals surface area contributed by atoms with Crippen LogP contribution < -0.4 is 0 Å². The van der Waals surface area contributed by atoms with Crippen molar-refractivity contribution >= 4 is 29.1 Å². The van der Waals surface area contributed by atoms with Gasteiger partial charge in [0.2, 0.25) is 0 Å². The molecule has 0 saturated carbocycles. The minimum atomic E-state index is -0.398. The van der Waals surface area contributed by atoms with Crippen molar-refractivity contribution in [1.82, 2.24) is 0 Å². The van der Waals surface area contributed by atoms with Crippen LogP contribution in [0.25, 0.3) is 0 Å². The highest BCUT2D eigenvalue weighted by Crippen LogP contribution is 2.27. The van der Waals surface area contributed by atoms with E-state index in [0.29, 0.717) is 16.9 Å². The first-order valence-electron chi connectivity index (χ1n) is 5.79. The molecule has 1 aliphatic rings. The van der Waals surface area contributed by atoms with Crippen LogP contribution in [0.4, 0.5) is 5.69 Å². The molecule has 98 valence electrons. The molecule has 1 saturated heterocycles. The summed E-state index contributed by atoms with van der Waals surface area (Å²) in [6.07, 6.45) is 2.56. The molecule has 18 heavy (non-hydrogen) atoms. The van der Waals surface area contributed by atoms with Gasteiger partial charge in [0.15, 0.2) is 0 Å². The zero-order valence-corrected chi connectivity index (χ0v) is 11.4. The van der Waals surface area contributed by atoms with Gasteiger partial charge in [-0.1, -0.05) is 11.6 Å². The molecular formula is C12H14ClNO3S. The fourth-order valence-electron chi connectivity index (χ4n) is 1.86. The predicted octanol–water partition coefficient (Wildman–Crippen LogP) is 3.66. The molecule has 1 aliphatic heterocycles. The molecule has 1 atom stereocenters. The quantitative estimate of drug-likeness (QED) is 0.612. The highest BCUT2D eigenvalue weighted by Gasteiger charge is 2.16. The van der Waals surface area contributed by atoms with E-state index in [2.05, 4.69) is 0 Å². The van der Waals surface area contributed by atoms with Gasteiger partial charge < -0.3 is 4.74 Å². The summed E-state index contributed by atoms with van der Waals surface area (Å²) in [6.45, 7) is 0.850. The molecule has 0 spiro atoms. The van der Waals surface area contributed by atoms with Gasteiger partial charge in [-0.3, -0.25) is 10.1 Å². The van der Waals surface area contributed by atoms with E-state index < -0.39 is 4.92 Å². The molecule has 0 bridgehead atoms.